The number of rotatable bonds is 11. The third kappa shape index (κ3) is 9.06. The molecule has 0 rings (SSSR count). The lowest BCUT2D eigenvalue weighted by molar-refractivity contribution is 0.0107. The predicted molar refractivity (Wildman–Crippen MR) is 62.3 cm³/mol. The molecule has 0 heterocycles. The van der Waals surface area contributed by atoms with Crippen molar-refractivity contribution in [3.8, 4) is 0 Å². The van der Waals surface area contributed by atoms with Crippen LogP contribution in [-0.2, 0) is 4.74 Å². The fraction of sp³-hybridized carbons (Fsp3) is 1.00. The number of hydrogen-bond acceptors (Lipinski definition) is 5. The average Bonchev–Trinajstić information content (AvgIpc) is 2.25. The van der Waals surface area contributed by atoms with Gasteiger partial charge in [-0.25, -0.2) is 0 Å². The first-order valence-corrected chi connectivity index (χ1v) is 5.94. The van der Waals surface area contributed by atoms with Crippen LogP contribution in [0.5, 0.6) is 0 Å². The maximum Gasteiger partial charge on any atom is 0.0900 e. The van der Waals surface area contributed by atoms with Gasteiger partial charge < -0.3 is 20.1 Å². The van der Waals surface area contributed by atoms with Gasteiger partial charge in [0.1, 0.15) is 0 Å². The van der Waals surface area contributed by atoms with Crippen LogP contribution in [0, 0.1) is 0 Å². The lowest BCUT2D eigenvalue weighted by Gasteiger charge is -2.23. The van der Waals surface area contributed by atoms with Gasteiger partial charge in [-0.1, -0.05) is 13.3 Å². The van der Waals surface area contributed by atoms with Crippen LogP contribution in [0.4, 0.5) is 0 Å². The average molecular weight is 235 g/mol. The fourth-order valence-electron chi connectivity index (χ4n) is 1.39. The van der Waals surface area contributed by atoms with E-state index in [4.69, 9.17) is 14.9 Å². The van der Waals surface area contributed by atoms with Crippen LogP contribution >= 0.6 is 0 Å². The summed E-state index contributed by atoms with van der Waals surface area (Å²) >= 11 is 0. The van der Waals surface area contributed by atoms with Crippen LogP contribution in [0.15, 0.2) is 0 Å². The van der Waals surface area contributed by atoms with E-state index in [1.165, 1.54) is 0 Å². The molecule has 0 unspecified atom stereocenters. The molecule has 0 radical (unpaired) electrons. The van der Waals surface area contributed by atoms with Crippen LogP contribution in [0.3, 0.4) is 0 Å². The van der Waals surface area contributed by atoms with Gasteiger partial charge in [-0.3, -0.25) is 4.90 Å². The van der Waals surface area contributed by atoms with Gasteiger partial charge in [0, 0.05) is 26.2 Å². The van der Waals surface area contributed by atoms with Crippen molar-refractivity contribution in [1.29, 1.82) is 0 Å². The van der Waals surface area contributed by atoms with Gasteiger partial charge in [-0.05, 0) is 6.42 Å². The van der Waals surface area contributed by atoms with Gasteiger partial charge in [0.05, 0.1) is 25.9 Å². The van der Waals surface area contributed by atoms with Gasteiger partial charge in [-0.15, -0.1) is 0 Å². The molecule has 98 valence electrons. The Balaban J connectivity index is 3.59. The highest BCUT2D eigenvalue weighted by molar-refractivity contribution is 4.63. The molecular weight excluding hydrogens is 210 g/mol. The van der Waals surface area contributed by atoms with Crippen LogP contribution in [0.25, 0.3) is 0 Å². The SMILES string of the molecule is CCCCOC[C@@H](O)CN(CCO)CCO. The van der Waals surface area contributed by atoms with Gasteiger partial charge in [0.25, 0.3) is 0 Å². The molecule has 0 fully saturated rings. The number of aliphatic hydroxyl groups is 3. The van der Waals surface area contributed by atoms with E-state index in [0.29, 0.717) is 32.8 Å². The van der Waals surface area contributed by atoms with Crippen molar-refractivity contribution in [1.82, 2.24) is 4.90 Å². The van der Waals surface area contributed by atoms with Crippen molar-refractivity contribution in [3.63, 3.8) is 0 Å². The molecule has 5 nitrogen and oxygen atoms in total. The Morgan fingerprint density at radius 3 is 2.31 bits per heavy atom. The highest BCUT2D eigenvalue weighted by Crippen LogP contribution is 1.95. The minimum Gasteiger partial charge on any atom is -0.395 e. The molecule has 0 aromatic carbocycles. The molecule has 0 bridgehead atoms. The maximum absolute atomic E-state index is 9.64. The summed E-state index contributed by atoms with van der Waals surface area (Å²) in [4.78, 5) is 1.81. The second-order valence-electron chi connectivity index (χ2n) is 3.83. The van der Waals surface area contributed by atoms with Crippen molar-refractivity contribution >= 4 is 0 Å². The monoisotopic (exact) mass is 235 g/mol. The number of unbranched alkanes of at least 4 members (excludes halogenated alkanes) is 1. The van der Waals surface area contributed by atoms with E-state index in [1.807, 2.05) is 4.90 Å². The van der Waals surface area contributed by atoms with E-state index >= 15 is 0 Å². The highest BCUT2D eigenvalue weighted by atomic mass is 16.5. The Kier molecular flexibility index (Phi) is 11.1. The van der Waals surface area contributed by atoms with E-state index < -0.39 is 6.10 Å². The summed E-state index contributed by atoms with van der Waals surface area (Å²) in [5.74, 6) is 0. The van der Waals surface area contributed by atoms with Crippen LogP contribution < -0.4 is 0 Å². The molecule has 5 heteroatoms. The Hall–Kier alpha value is -0.200. The topological polar surface area (TPSA) is 73.2 Å². The van der Waals surface area contributed by atoms with Crippen LogP contribution in [0.2, 0.25) is 0 Å². The van der Waals surface area contributed by atoms with Crippen molar-refractivity contribution in [2.75, 3.05) is 46.1 Å². The summed E-state index contributed by atoms with van der Waals surface area (Å²) in [7, 11) is 0. The van der Waals surface area contributed by atoms with Crippen LogP contribution in [0.1, 0.15) is 19.8 Å². The second kappa shape index (κ2) is 11.3. The van der Waals surface area contributed by atoms with Crippen molar-refractivity contribution < 1.29 is 20.1 Å². The fourth-order valence-corrected chi connectivity index (χ4v) is 1.39. The maximum atomic E-state index is 9.64. The van der Waals surface area contributed by atoms with Gasteiger partial charge >= 0.3 is 0 Å². The first kappa shape index (κ1) is 15.8. The third-order valence-electron chi connectivity index (χ3n) is 2.25. The summed E-state index contributed by atoms with van der Waals surface area (Å²) in [5.41, 5.74) is 0. The number of hydrogen-bond donors (Lipinski definition) is 3. The van der Waals surface area contributed by atoms with Crippen molar-refractivity contribution in [2.24, 2.45) is 0 Å². The van der Waals surface area contributed by atoms with E-state index in [-0.39, 0.29) is 13.2 Å². The number of nitrogens with zero attached hydrogens (tertiary/aromatic N) is 1. The van der Waals surface area contributed by atoms with Crippen molar-refractivity contribution in [3.05, 3.63) is 0 Å². The summed E-state index contributed by atoms with van der Waals surface area (Å²) in [6.45, 7) is 4.49. The van der Waals surface area contributed by atoms with E-state index in [1.54, 1.807) is 0 Å². The summed E-state index contributed by atoms with van der Waals surface area (Å²) in [6.07, 6.45) is 1.52. The molecule has 0 aliphatic heterocycles. The molecule has 0 aliphatic carbocycles. The number of aliphatic hydroxyl groups excluding tert-OH is 3. The quantitative estimate of drug-likeness (QED) is 0.419. The standard InChI is InChI=1S/C11H25NO4/c1-2-3-8-16-10-11(15)9-12(4-6-13)5-7-14/h11,13-15H,2-10H2,1H3/t11-/m0/s1. The lowest BCUT2D eigenvalue weighted by atomic mass is 10.3. The molecule has 0 saturated heterocycles. The molecule has 3 N–H and O–H groups in total. The summed E-state index contributed by atoms with van der Waals surface area (Å²) in [5, 5.41) is 27.2. The van der Waals surface area contributed by atoms with Gasteiger partial charge in [0.15, 0.2) is 0 Å². The van der Waals surface area contributed by atoms with Crippen molar-refractivity contribution in [2.45, 2.75) is 25.9 Å². The molecule has 0 saturated carbocycles. The van der Waals surface area contributed by atoms with Gasteiger partial charge in [-0.2, -0.15) is 0 Å². The van der Waals surface area contributed by atoms with E-state index in [0.717, 1.165) is 12.8 Å². The summed E-state index contributed by atoms with van der Waals surface area (Å²) in [6, 6.07) is 0. The Labute approximate surface area is 97.6 Å². The zero-order chi connectivity index (χ0) is 12.2. The molecule has 0 amide bonds. The second-order valence-corrected chi connectivity index (χ2v) is 3.83. The smallest absolute Gasteiger partial charge is 0.0900 e. The molecule has 1 atom stereocenters. The van der Waals surface area contributed by atoms with E-state index in [2.05, 4.69) is 6.92 Å². The zero-order valence-electron chi connectivity index (χ0n) is 10.1. The molecule has 16 heavy (non-hydrogen) atoms. The third-order valence-corrected chi connectivity index (χ3v) is 2.25. The lowest BCUT2D eigenvalue weighted by Crippen LogP contribution is -2.38. The Morgan fingerprint density at radius 2 is 1.81 bits per heavy atom. The normalized spacial score (nSPS) is 13.3. The molecule has 0 aliphatic rings. The zero-order valence-corrected chi connectivity index (χ0v) is 10.1. The predicted octanol–water partition coefficient (Wildman–Crippen LogP) is -0.549. The first-order valence-electron chi connectivity index (χ1n) is 5.94. The minimum absolute atomic E-state index is 0.0312. The van der Waals surface area contributed by atoms with Gasteiger partial charge in [0.2, 0.25) is 0 Å². The highest BCUT2D eigenvalue weighted by Gasteiger charge is 2.10. The number of ether oxygens (including phenoxy) is 1. The molecule has 0 aromatic rings. The summed E-state index contributed by atoms with van der Waals surface area (Å²) < 4.78 is 5.29. The van der Waals surface area contributed by atoms with Crippen LogP contribution in [-0.4, -0.2) is 72.4 Å². The first-order chi connectivity index (χ1) is 7.74. The molecular formula is C11H25NO4. The largest absolute Gasteiger partial charge is 0.395 e. The Bertz CT molecular complexity index is 140. The minimum atomic E-state index is -0.560. The Morgan fingerprint density at radius 1 is 1.19 bits per heavy atom. The van der Waals surface area contributed by atoms with E-state index in [9.17, 15) is 5.11 Å². The molecule has 0 spiro atoms. The molecule has 0 aromatic heterocycles.